The highest BCUT2D eigenvalue weighted by molar-refractivity contribution is 6.30. The van der Waals surface area contributed by atoms with Gasteiger partial charge in [-0.2, -0.15) is 0 Å². The molecule has 1 aliphatic heterocycles. The number of H-pyrrole nitrogens is 1. The maximum absolute atomic E-state index is 12.9. The van der Waals surface area contributed by atoms with Crippen molar-refractivity contribution in [3.05, 3.63) is 92.5 Å². The number of nitrogens with one attached hydrogen (secondary N) is 2. The van der Waals surface area contributed by atoms with Crippen molar-refractivity contribution in [3.63, 3.8) is 0 Å². The summed E-state index contributed by atoms with van der Waals surface area (Å²) in [5.74, 6) is -0.438. The second-order valence-corrected chi connectivity index (χ2v) is 7.74. The Labute approximate surface area is 183 Å². The van der Waals surface area contributed by atoms with Crippen molar-refractivity contribution in [1.29, 1.82) is 0 Å². The van der Waals surface area contributed by atoms with Gasteiger partial charge in [-0.3, -0.25) is 19.6 Å². The van der Waals surface area contributed by atoms with E-state index < -0.39 is 11.9 Å². The van der Waals surface area contributed by atoms with Gasteiger partial charge in [-0.05, 0) is 49.6 Å². The third-order valence-corrected chi connectivity index (χ3v) is 5.36. The largest absolute Gasteiger partial charge is 0.329 e. The highest BCUT2D eigenvalue weighted by Crippen LogP contribution is 2.17. The molecule has 2 aromatic carbocycles. The zero-order valence-electron chi connectivity index (χ0n) is 16.9. The van der Waals surface area contributed by atoms with E-state index >= 15 is 0 Å². The van der Waals surface area contributed by atoms with Crippen molar-refractivity contribution in [2.24, 2.45) is 0 Å². The number of carbonyl (C=O) groups excluding carboxylic acids is 2. The van der Waals surface area contributed by atoms with Gasteiger partial charge in [0.25, 0.3) is 11.5 Å². The van der Waals surface area contributed by atoms with E-state index in [0.29, 0.717) is 34.9 Å². The van der Waals surface area contributed by atoms with Crippen LogP contribution < -0.4 is 10.9 Å². The minimum atomic E-state index is -0.479. The van der Waals surface area contributed by atoms with Crippen molar-refractivity contribution >= 4 is 29.6 Å². The van der Waals surface area contributed by atoms with E-state index in [1.807, 2.05) is 30.3 Å². The van der Waals surface area contributed by atoms with Gasteiger partial charge in [0, 0.05) is 17.3 Å². The first-order valence-corrected chi connectivity index (χ1v) is 10.3. The van der Waals surface area contributed by atoms with E-state index in [0.717, 1.165) is 12.0 Å². The average molecular weight is 437 g/mol. The molecule has 1 aromatic heterocycles. The van der Waals surface area contributed by atoms with Crippen molar-refractivity contribution < 1.29 is 9.59 Å². The minimum Gasteiger partial charge on any atom is -0.303 e. The Bertz CT molecular complexity index is 1230. The van der Waals surface area contributed by atoms with Gasteiger partial charge in [0.15, 0.2) is 0 Å². The Kier molecular flexibility index (Phi) is 5.77. The van der Waals surface area contributed by atoms with E-state index in [1.54, 1.807) is 31.2 Å². The van der Waals surface area contributed by atoms with Crippen LogP contribution in [0.4, 0.5) is 4.79 Å². The number of carbonyl (C=O) groups is 2. The van der Waals surface area contributed by atoms with Crippen LogP contribution in [0.2, 0.25) is 5.02 Å². The van der Waals surface area contributed by atoms with Gasteiger partial charge in [-0.15, -0.1) is 0 Å². The van der Waals surface area contributed by atoms with Crippen LogP contribution in [0.3, 0.4) is 0 Å². The van der Waals surface area contributed by atoms with Crippen LogP contribution in [0, 0.1) is 6.92 Å². The summed E-state index contributed by atoms with van der Waals surface area (Å²) in [5.41, 5.74) is 2.35. The highest BCUT2D eigenvalue weighted by Gasteiger charge is 2.33. The molecule has 1 saturated heterocycles. The SMILES string of the molecule is Cc1[nH]n(-c2cccc(Cl)c2)c(=O)c1/C=C1\NC(=O)N(CCCc2ccccc2)C1=O. The number of hydrogen-bond acceptors (Lipinski definition) is 3. The minimum absolute atomic E-state index is 0.0853. The normalized spacial score (nSPS) is 15.0. The lowest BCUT2D eigenvalue weighted by Gasteiger charge is -2.11. The topological polar surface area (TPSA) is 87.2 Å². The smallest absolute Gasteiger partial charge is 0.303 e. The number of benzene rings is 2. The summed E-state index contributed by atoms with van der Waals surface area (Å²) in [6.07, 6.45) is 2.84. The van der Waals surface area contributed by atoms with Gasteiger partial charge < -0.3 is 5.32 Å². The molecule has 0 radical (unpaired) electrons. The molecule has 0 saturated carbocycles. The van der Waals surface area contributed by atoms with Crippen molar-refractivity contribution in [3.8, 4) is 5.69 Å². The molecule has 2 N–H and O–H groups in total. The number of halogens is 1. The summed E-state index contributed by atoms with van der Waals surface area (Å²) in [6.45, 7) is 2.03. The van der Waals surface area contributed by atoms with E-state index in [4.69, 9.17) is 11.6 Å². The second-order valence-electron chi connectivity index (χ2n) is 7.31. The first-order valence-electron chi connectivity index (χ1n) is 9.90. The monoisotopic (exact) mass is 436 g/mol. The molecule has 0 aliphatic carbocycles. The van der Waals surface area contributed by atoms with E-state index in [2.05, 4.69) is 10.4 Å². The van der Waals surface area contributed by atoms with Crippen molar-refractivity contribution in [1.82, 2.24) is 20.0 Å². The van der Waals surface area contributed by atoms with Crippen LogP contribution in [-0.2, 0) is 11.2 Å². The number of aromatic nitrogens is 2. The molecule has 0 spiro atoms. The standard InChI is InChI=1S/C23H21ClN4O3/c1-15-19(21(29)28(26-15)18-11-5-10-17(24)13-18)14-20-22(30)27(23(31)25-20)12-6-9-16-7-3-2-4-8-16/h2-5,7-8,10-11,13-14,26H,6,9,12H2,1H3,(H,25,31)/b20-14-. The van der Waals surface area contributed by atoms with Crippen LogP contribution in [0.15, 0.2) is 65.1 Å². The predicted molar refractivity (Wildman–Crippen MR) is 119 cm³/mol. The summed E-state index contributed by atoms with van der Waals surface area (Å²) >= 11 is 6.02. The number of imide groups is 1. The molecule has 0 bridgehead atoms. The quantitative estimate of drug-likeness (QED) is 0.456. The Hall–Kier alpha value is -3.58. The van der Waals surface area contributed by atoms with E-state index in [9.17, 15) is 14.4 Å². The van der Waals surface area contributed by atoms with E-state index in [-0.39, 0.29) is 11.3 Å². The number of hydrogen-bond donors (Lipinski definition) is 2. The number of urea groups is 1. The summed E-state index contributed by atoms with van der Waals surface area (Å²) < 4.78 is 1.35. The van der Waals surface area contributed by atoms with Crippen molar-refractivity contribution in [2.45, 2.75) is 19.8 Å². The fourth-order valence-corrected chi connectivity index (χ4v) is 3.72. The fraction of sp³-hybridized carbons (Fsp3) is 0.174. The van der Waals surface area contributed by atoms with Gasteiger partial charge in [0.2, 0.25) is 0 Å². The molecule has 7 nitrogen and oxygen atoms in total. The number of amides is 3. The third-order valence-electron chi connectivity index (χ3n) is 5.12. The molecule has 8 heteroatoms. The molecule has 31 heavy (non-hydrogen) atoms. The van der Waals surface area contributed by atoms with Crippen LogP contribution in [-0.4, -0.2) is 33.2 Å². The maximum atomic E-state index is 12.9. The molecule has 1 fully saturated rings. The maximum Gasteiger partial charge on any atom is 0.329 e. The van der Waals surface area contributed by atoms with Gasteiger partial charge in [0.1, 0.15) is 5.70 Å². The Balaban J connectivity index is 1.52. The molecule has 3 aromatic rings. The number of nitrogens with zero attached hydrogens (tertiary/aromatic N) is 2. The summed E-state index contributed by atoms with van der Waals surface area (Å²) in [4.78, 5) is 39.1. The molecule has 1 aliphatic rings. The Morgan fingerprint density at radius 2 is 1.81 bits per heavy atom. The lowest BCUT2D eigenvalue weighted by atomic mass is 10.1. The summed E-state index contributed by atoms with van der Waals surface area (Å²) in [6, 6.07) is 16.3. The summed E-state index contributed by atoms with van der Waals surface area (Å²) in [5, 5.41) is 6.06. The van der Waals surface area contributed by atoms with Gasteiger partial charge >= 0.3 is 6.03 Å². The molecule has 158 valence electrons. The molecule has 0 atom stereocenters. The lowest BCUT2D eigenvalue weighted by Crippen LogP contribution is -2.32. The molecule has 3 amide bonds. The van der Waals surface area contributed by atoms with Crippen LogP contribution in [0.5, 0.6) is 0 Å². The lowest BCUT2D eigenvalue weighted by molar-refractivity contribution is -0.122. The highest BCUT2D eigenvalue weighted by atomic mass is 35.5. The summed E-state index contributed by atoms with van der Waals surface area (Å²) in [7, 11) is 0. The first-order chi connectivity index (χ1) is 14.9. The van der Waals surface area contributed by atoms with Crippen LogP contribution >= 0.6 is 11.6 Å². The number of aryl methyl sites for hydroxylation is 2. The van der Waals surface area contributed by atoms with Crippen LogP contribution in [0.25, 0.3) is 11.8 Å². The molecule has 0 unspecified atom stereocenters. The van der Waals surface area contributed by atoms with E-state index in [1.165, 1.54) is 15.7 Å². The molecular weight excluding hydrogens is 416 g/mol. The van der Waals surface area contributed by atoms with Crippen LogP contribution in [0.1, 0.15) is 23.2 Å². The number of aromatic amines is 1. The second kappa shape index (κ2) is 8.65. The van der Waals surface area contributed by atoms with Gasteiger partial charge in [-0.25, -0.2) is 9.48 Å². The predicted octanol–water partition coefficient (Wildman–Crippen LogP) is 3.65. The average Bonchev–Trinajstić information content (AvgIpc) is 3.19. The van der Waals surface area contributed by atoms with Crippen molar-refractivity contribution in [2.75, 3.05) is 6.54 Å². The number of rotatable bonds is 6. The zero-order valence-corrected chi connectivity index (χ0v) is 17.6. The zero-order chi connectivity index (χ0) is 22.0. The van der Waals surface area contributed by atoms with Gasteiger partial charge in [0.05, 0.1) is 11.3 Å². The Morgan fingerprint density at radius 3 is 2.55 bits per heavy atom. The first kappa shape index (κ1) is 20.7. The third kappa shape index (κ3) is 4.32. The fourth-order valence-electron chi connectivity index (χ4n) is 3.53. The van der Waals surface area contributed by atoms with Gasteiger partial charge in [-0.1, -0.05) is 48.0 Å². The molecular formula is C23H21ClN4O3. The molecule has 4 rings (SSSR count). The molecule has 2 heterocycles. The Morgan fingerprint density at radius 1 is 1.03 bits per heavy atom.